The number of nitrogens with two attached hydrogens (primary N) is 1. The van der Waals surface area contributed by atoms with Crippen molar-refractivity contribution in [1.29, 1.82) is 0 Å². The topological polar surface area (TPSA) is 38.5 Å². The summed E-state index contributed by atoms with van der Waals surface area (Å²) in [6.07, 6.45) is 1.36. The molecule has 1 saturated heterocycles. The van der Waals surface area contributed by atoms with E-state index in [1.807, 2.05) is 12.1 Å². The molecule has 5 heteroatoms. The Labute approximate surface area is 131 Å². The first kappa shape index (κ1) is 16.1. The number of likely N-dealkylation sites (tertiary alicyclic amines) is 1. The predicted molar refractivity (Wildman–Crippen MR) is 84.4 cm³/mol. The molecule has 1 aliphatic heterocycles. The number of piperidine rings is 1. The van der Waals surface area contributed by atoms with Crippen LogP contribution in [-0.4, -0.2) is 37.7 Å². The predicted octanol–water partition coefficient (Wildman–Crippen LogP) is 3.35. The van der Waals surface area contributed by atoms with Gasteiger partial charge in [-0.05, 0) is 36.6 Å². The molecule has 1 aliphatic rings. The highest BCUT2D eigenvalue weighted by Crippen LogP contribution is 2.32. The van der Waals surface area contributed by atoms with Crippen LogP contribution in [0.5, 0.6) is 0 Å². The number of halogens is 2. The summed E-state index contributed by atoms with van der Waals surface area (Å²) in [5.41, 5.74) is 7.03. The molecule has 1 aromatic rings. The zero-order valence-electron chi connectivity index (χ0n) is 12.0. The molecule has 3 nitrogen and oxygen atoms in total. The molecule has 1 fully saturated rings. The maximum Gasteiger partial charge on any atom is 0.0724 e. The molecule has 3 unspecified atom stereocenters. The van der Waals surface area contributed by atoms with Gasteiger partial charge in [0, 0.05) is 36.3 Å². The van der Waals surface area contributed by atoms with Crippen LogP contribution in [0.2, 0.25) is 10.0 Å². The van der Waals surface area contributed by atoms with Gasteiger partial charge in [0.2, 0.25) is 0 Å². The number of hydrogen-bond acceptors (Lipinski definition) is 3. The van der Waals surface area contributed by atoms with E-state index in [0.29, 0.717) is 22.5 Å². The lowest BCUT2D eigenvalue weighted by Gasteiger charge is -2.40. The van der Waals surface area contributed by atoms with Crippen molar-refractivity contribution in [2.24, 2.45) is 11.7 Å². The van der Waals surface area contributed by atoms with Crippen LogP contribution in [0.4, 0.5) is 0 Å². The molecule has 3 atom stereocenters. The molecule has 2 rings (SSSR count). The summed E-state index contributed by atoms with van der Waals surface area (Å²) in [7, 11) is 1.78. The second kappa shape index (κ2) is 7.10. The van der Waals surface area contributed by atoms with Crippen LogP contribution < -0.4 is 5.73 Å². The van der Waals surface area contributed by atoms with Crippen molar-refractivity contribution in [3.63, 3.8) is 0 Å². The lowest BCUT2D eigenvalue weighted by molar-refractivity contribution is -0.0183. The van der Waals surface area contributed by atoms with E-state index in [1.165, 1.54) is 0 Å². The first-order chi connectivity index (χ1) is 9.56. The van der Waals surface area contributed by atoms with Gasteiger partial charge >= 0.3 is 0 Å². The summed E-state index contributed by atoms with van der Waals surface area (Å²) in [6, 6.07) is 5.74. The minimum atomic E-state index is 0.116. The van der Waals surface area contributed by atoms with Crippen LogP contribution in [-0.2, 0) is 4.74 Å². The van der Waals surface area contributed by atoms with Crippen molar-refractivity contribution in [3.05, 3.63) is 33.8 Å². The van der Waals surface area contributed by atoms with Crippen molar-refractivity contribution in [2.75, 3.05) is 26.7 Å². The summed E-state index contributed by atoms with van der Waals surface area (Å²) in [5.74, 6) is 0.579. The Hall–Kier alpha value is -0.320. The fraction of sp³-hybridized carbons (Fsp3) is 0.600. The second-order valence-electron chi connectivity index (χ2n) is 5.45. The van der Waals surface area contributed by atoms with Crippen LogP contribution in [0.15, 0.2) is 18.2 Å². The Bertz CT molecular complexity index is 455. The van der Waals surface area contributed by atoms with Crippen molar-refractivity contribution >= 4 is 23.2 Å². The van der Waals surface area contributed by atoms with Crippen molar-refractivity contribution in [3.8, 4) is 0 Å². The Morgan fingerprint density at radius 3 is 2.80 bits per heavy atom. The monoisotopic (exact) mass is 316 g/mol. The maximum absolute atomic E-state index is 6.32. The number of rotatable bonds is 4. The van der Waals surface area contributed by atoms with E-state index < -0.39 is 0 Å². The fourth-order valence-corrected chi connectivity index (χ4v) is 3.43. The Balaban J connectivity index is 2.19. The smallest absolute Gasteiger partial charge is 0.0724 e. The van der Waals surface area contributed by atoms with Crippen molar-refractivity contribution in [1.82, 2.24) is 4.90 Å². The Morgan fingerprint density at radius 1 is 1.45 bits per heavy atom. The van der Waals surface area contributed by atoms with E-state index in [2.05, 4.69) is 11.8 Å². The number of methoxy groups -OCH3 is 1. The number of ether oxygens (including phenoxy) is 1. The van der Waals surface area contributed by atoms with E-state index in [-0.39, 0.29) is 12.1 Å². The SMILES string of the molecule is COC1CN(C(CN)c2ccc(Cl)cc2Cl)CCC1C. The first-order valence-corrected chi connectivity index (χ1v) is 7.74. The highest BCUT2D eigenvalue weighted by atomic mass is 35.5. The van der Waals surface area contributed by atoms with Crippen LogP contribution in [0, 0.1) is 5.92 Å². The maximum atomic E-state index is 6.32. The molecule has 20 heavy (non-hydrogen) atoms. The highest BCUT2D eigenvalue weighted by molar-refractivity contribution is 6.35. The molecule has 0 spiro atoms. The van der Waals surface area contributed by atoms with Gasteiger partial charge in [-0.2, -0.15) is 0 Å². The van der Waals surface area contributed by atoms with Gasteiger partial charge in [-0.1, -0.05) is 36.2 Å². The fourth-order valence-electron chi connectivity index (χ4n) is 2.89. The molecule has 0 amide bonds. The number of nitrogens with zero attached hydrogens (tertiary/aromatic N) is 1. The van der Waals surface area contributed by atoms with Gasteiger partial charge in [0.25, 0.3) is 0 Å². The van der Waals surface area contributed by atoms with Crippen LogP contribution in [0.1, 0.15) is 24.9 Å². The molecule has 1 heterocycles. The van der Waals surface area contributed by atoms with Gasteiger partial charge in [0.1, 0.15) is 0 Å². The van der Waals surface area contributed by atoms with Crippen molar-refractivity contribution < 1.29 is 4.74 Å². The highest BCUT2D eigenvalue weighted by Gasteiger charge is 2.31. The summed E-state index contributed by atoms with van der Waals surface area (Å²) in [6.45, 7) is 4.67. The van der Waals surface area contributed by atoms with Gasteiger partial charge in [0.15, 0.2) is 0 Å². The van der Waals surface area contributed by atoms with Gasteiger partial charge < -0.3 is 10.5 Å². The van der Waals surface area contributed by atoms with E-state index in [0.717, 1.165) is 25.1 Å². The molecule has 1 aromatic carbocycles. The number of hydrogen-bond donors (Lipinski definition) is 1. The minimum absolute atomic E-state index is 0.116. The van der Waals surface area contributed by atoms with Gasteiger partial charge in [-0.3, -0.25) is 4.90 Å². The summed E-state index contributed by atoms with van der Waals surface area (Å²) >= 11 is 12.3. The van der Waals surface area contributed by atoms with Crippen molar-refractivity contribution in [2.45, 2.75) is 25.5 Å². The molecule has 0 saturated carbocycles. The molecule has 0 aliphatic carbocycles. The third kappa shape index (κ3) is 3.46. The van der Waals surface area contributed by atoms with E-state index in [4.69, 9.17) is 33.7 Å². The van der Waals surface area contributed by atoms with Crippen LogP contribution >= 0.6 is 23.2 Å². The molecule has 0 aromatic heterocycles. The van der Waals surface area contributed by atoms with Crippen LogP contribution in [0.25, 0.3) is 0 Å². The lowest BCUT2D eigenvalue weighted by Crippen LogP contribution is -2.47. The Kier molecular flexibility index (Phi) is 5.70. The summed E-state index contributed by atoms with van der Waals surface area (Å²) in [5, 5.41) is 1.33. The third-order valence-electron chi connectivity index (χ3n) is 4.21. The number of benzene rings is 1. The van der Waals surface area contributed by atoms with Crippen LogP contribution in [0.3, 0.4) is 0 Å². The molecular formula is C15H22Cl2N2O. The van der Waals surface area contributed by atoms with E-state index >= 15 is 0 Å². The lowest BCUT2D eigenvalue weighted by atomic mass is 9.93. The van der Waals surface area contributed by atoms with Gasteiger partial charge in [-0.15, -0.1) is 0 Å². The largest absolute Gasteiger partial charge is 0.380 e. The van der Waals surface area contributed by atoms with Gasteiger partial charge in [-0.25, -0.2) is 0 Å². The zero-order valence-corrected chi connectivity index (χ0v) is 13.5. The second-order valence-corrected chi connectivity index (χ2v) is 6.30. The summed E-state index contributed by atoms with van der Waals surface area (Å²) in [4.78, 5) is 2.36. The molecule has 2 N–H and O–H groups in total. The minimum Gasteiger partial charge on any atom is -0.380 e. The molecule has 112 valence electrons. The average Bonchev–Trinajstić information content (AvgIpc) is 2.43. The average molecular weight is 317 g/mol. The van der Waals surface area contributed by atoms with E-state index in [9.17, 15) is 0 Å². The normalized spacial score (nSPS) is 25.6. The first-order valence-electron chi connectivity index (χ1n) is 6.98. The standard InChI is InChI=1S/C15H22Cl2N2O/c1-10-5-6-19(9-15(10)20-2)14(8-18)12-4-3-11(16)7-13(12)17/h3-4,7,10,14-15H,5-6,8-9,18H2,1-2H3. The van der Waals surface area contributed by atoms with E-state index in [1.54, 1.807) is 13.2 Å². The Morgan fingerprint density at radius 2 is 2.20 bits per heavy atom. The quantitative estimate of drug-likeness (QED) is 0.925. The molecule has 0 bridgehead atoms. The molecule has 0 radical (unpaired) electrons. The molecular weight excluding hydrogens is 295 g/mol. The zero-order chi connectivity index (χ0) is 14.7. The van der Waals surface area contributed by atoms with Gasteiger partial charge in [0.05, 0.1) is 6.10 Å². The third-order valence-corrected chi connectivity index (χ3v) is 4.77. The summed E-state index contributed by atoms with van der Waals surface area (Å²) < 4.78 is 5.58.